The molecule has 0 saturated carbocycles. The molecule has 0 bridgehead atoms. The first-order valence-electron chi connectivity index (χ1n) is 8.98. The monoisotopic (exact) mass is 350 g/mol. The Labute approximate surface area is 147 Å². The summed E-state index contributed by atoms with van der Waals surface area (Å²) in [5.41, 5.74) is 0.742. The lowest BCUT2D eigenvalue weighted by molar-refractivity contribution is 0.301. The van der Waals surface area contributed by atoms with E-state index >= 15 is 0 Å². The third kappa shape index (κ3) is 5.00. The largest absolute Gasteiger partial charge is 0.491 e. The molecule has 0 amide bonds. The van der Waals surface area contributed by atoms with Crippen LogP contribution in [0.4, 0.5) is 13.2 Å². The van der Waals surface area contributed by atoms with Crippen molar-refractivity contribution in [3.63, 3.8) is 0 Å². The smallest absolute Gasteiger partial charge is 0.166 e. The van der Waals surface area contributed by atoms with Crippen LogP contribution in [-0.2, 0) is 6.42 Å². The Morgan fingerprint density at radius 3 is 2.32 bits per heavy atom. The number of benzene rings is 2. The number of aryl methyl sites for hydroxylation is 1. The van der Waals surface area contributed by atoms with Gasteiger partial charge in [-0.15, -0.1) is 0 Å². The maximum absolute atomic E-state index is 14.4. The fourth-order valence-corrected chi connectivity index (χ4v) is 2.75. The van der Waals surface area contributed by atoms with Gasteiger partial charge in [0.1, 0.15) is 0 Å². The highest BCUT2D eigenvalue weighted by Gasteiger charge is 2.16. The van der Waals surface area contributed by atoms with Crippen LogP contribution in [-0.4, -0.2) is 6.61 Å². The molecule has 0 atom stereocenters. The highest BCUT2D eigenvalue weighted by atomic mass is 19.2. The Bertz CT molecular complexity index is 698. The van der Waals surface area contributed by atoms with Crippen molar-refractivity contribution in [3.8, 4) is 16.9 Å². The number of hydrogen-bond acceptors (Lipinski definition) is 1. The zero-order valence-corrected chi connectivity index (χ0v) is 14.9. The van der Waals surface area contributed by atoms with Gasteiger partial charge in [0.15, 0.2) is 23.2 Å². The van der Waals surface area contributed by atoms with E-state index in [1.54, 1.807) is 12.1 Å². The predicted octanol–water partition coefficient (Wildman–Crippen LogP) is 6.68. The van der Waals surface area contributed by atoms with Crippen molar-refractivity contribution in [2.75, 3.05) is 6.61 Å². The summed E-state index contributed by atoms with van der Waals surface area (Å²) in [6.45, 7) is 4.44. The van der Waals surface area contributed by atoms with Crippen LogP contribution in [0.25, 0.3) is 11.1 Å². The van der Waals surface area contributed by atoms with E-state index < -0.39 is 17.5 Å². The molecule has 2 aromatic rings. The maximum atomic E-state index is 14.4. The fourth-order valence-electron chi connectivity index (χ4n) is 2.75. The molecular formula is C21H25F3O. The summed E-state index contributed by atoms with van der Waals surface area (Å²) in [6.07, 6.45) is 5.31. The summed E-state index contributed by atoms with van der Waals surface area (Å²) in [6, 6.07) is 7.31. The highest BCUT2D eigenvalue weighted by Crippen LogP contribution is 2.30. The lowest BCUT2D eigenvalue weighted by Crippen LogP contribution is -1.99. The van der Waals surface area contributed by atoms with Gasteiger partial charge < -0.3 is 4.74 Å². The van der Waals surface area contributed by atoms with E-state index in [4.69, 9.17) is 4.74 Å². The van der Waals surface area contributed by atoms with Crippen LogP contribution < -0.4 is 4.74 Å². The molecule has 0 aliphatic carbocycles. The molecule has 0 unspecified atom stereocenters. The summed E-state index contributed by atoms with van der Waals surface area (Å²) >= 11 is 0. The quantitative estimate of drug-likeness (QED) is 0.458. The SMILES string of the molecule is CCCCCCc1ccc(-c2ccc(OCCC)c(F)c2)c(F)c1F. The summed E-state index contributed by atoms with van der Waals surface area (Å²) in [4.78, 5) is 0. The third-order valence-corrected chi connectivity index (χ3v) is 4.17. The molecule has 0 heterocycles. The van der Waals surface area contributed by atoms with Crippen molar-refractivity contribution < 1.29 is 17.9 Å². The number of unbranched alkanes of at least 4 members (excludes halogenated alkanes) is 3. The first-order valence-corrected chi connectivity index (χ1v) is 8.98. The van der Waals surface area contributed by atoms with Crippen LogP contribution in [0, 0.1) is 17.5 Å². The van der Waals surface area contributed by atoms with Crippen LogP contribution in [0.1, 0.15) is 51.5 Å². The van der Waals surface area contributed by atoms with Gasteiger partial charge in [0.05, 0.1) is 6.61 Å². The van der Waals surface area contributed by atoms with Gasteiger partial charge in [-0.2, -0.15) is 0 Å². The molecule has 25 heavy (non-hydrogen) atoms. The van der Waals surface area contributed by atoms with Crippen molar-refractivity contribution in [3.05, 3.63) is 53.3 Å². The van der Waals surface area contributed by atoms with Gasteiger partial charge in [0.2, 0.25) is 0 Å². The number of ether oxygens (including phenoxy) is 1. The minimum absolute atomic E-state index is 0.0655. The molecule has 2 aromatic carbocycles. The van der Waals surface area contributed by atoms with Crippen molar-refractivity contribution in [2.24, 2.45) is 0 Å². The van der Waals surface area contributed by atoms with Crippen LogP contribution in [0.5, 0.6) is 5.75 Å². The molecule has 2 rings (SSSR count). The number of hydrogen-bond donors (Lipinski definition) is 0. The standard InChI is InChI=1S/C21H25F3O/c1-3-5-6-7-8-15-9-11-17(21(24)20(15)23)16-10-12-19(18(22)14-16)25-13-4-2/h9-12,14H,3-8,13H2,1-2H3. The van der Waals surface area contributed by atoms with Gasteiger partial charge in [-0.3, -0.25) is 0 Å². The Balaban J connectivity index is 2.19. The summed E-state index contributed by atoms with van der Waals surface area (Å²) < 4.78 is 48.1. The summed E-state index contributed by atoms with van der Waals surface area (Å²) in [7, 11) is 0. The van der Waals surface area contributed by atoms with Gasteiger partial charge >= 0.3 is 0 Å². The molecule has 0 aromatic heterocycles. The zero-order chi connectivity index (χ0) is 18.2. The van der Waals surface area contributed by atoms with E-state index in [1.165, 1.54) is 18.2 Å². The Morgan fingerprint density at radius 1 is 0.840 bits per heavy atom. The molecule has 1 nitrogen and oxygen atoms in total. The molecule has 0 saturated heterocycles. The fraction of sp³-hybridized carbons (Fsp3) is 0.429. The second-order valence-electron chi connectivity index (χ2n) is 6.20. The van der Waals surface area contributed by atoms with E-state index in [0.29, 0.717) is 24.2 Å². The van der Waals surface area contributed by atoms with Gasteiger partial charge in [-0.1, -0.05) is 51.3 Å². The average molecular weight is 350 g/mol. The van der Waals surface area contributed by atoms with Gasteiger partial charge in [-0.25, -0.2) is 13.2 Å². The molecule has 0 fully saturated rings. The molecule has 0 N–H and O–H groups in total. The lowest BCUT2D eigenvalue weighted by atomic mass is 9.99. The van der Waals surface area contributed by atoms with Crippen LogP contribution in [0.15, 0.2) is 30.3 Å². The first-order chi connectivity index (χ1) is 12.1. The molecule has 0 aliphatic rings. The second-order valence-corrected chi connectivity index (χ2v) is 6.20. The lowest BCUT2D eigenvalue weighted by Gasteiger charge is -2.11. The summed E-state index contributed by atoms with van der Waals surface area (Å²) in [5.74, 6) is -2.20. The van der Waals surface area contributed by atoms with Crippen molar-refractivity contribution in [2.45, 2.75) is 52.4 Å². The third-order valence-electron chi connectivity index (χ3n) is 4.17. The zero-order valence-electron chi connectivity index (χ0n) is 14.9. The van der Waals surface area contributed by atoms with Crippen molar-refractivity contribution in [1.82, 2.24) is 0 Å². The normalized spacial score (nSPS) is 10.9. The summed E-state index contributed by atoms with van der Waals surface area (Å²) in [5, 5.41) is 0. The average Bonchev–Trinajstić information content (AvgIpc) is 2.61. The molecule has 136 valence electrons. The Morgan fingerprint density at radius 2 is 1.64 bits per heavy atom. The van der Waals surface area contributed by atoms with E-state index in [9.17, 15) is 13.2 Å². The highest BCUT2D eigenvalue weighted by molar-refractivity contribution is 5.65. The van der Waals surface area contributed by atoms with Crippen molar-refractivity contribution in [1.29, 1.82) is 0 Å². The van der Waals surface area contributed by atoms with Gasteiger partial charge in [0, 0.05) is 5.56 Å². The minimum atomic E-state index is -0.922. The van der Waals surface area contributed by atoms with Crippen LogP contribution in [0.2, 0.25) is 0 Å². The first kappa shape index (κ1) is 19.4. The van der Waals surface area contributed by atoms with E-state index in [-0.39, 0.29) is 11.3 Å². The molecule has 0 radical (unpaired) electrons. The maximum Gasteiger partial charge on any atom is 0.166 e. The van der Waals surface area contributed by atoms with Crippen molar-refractivity contribution >= 4 is 0 Å². The minimum Gasteiger partial charge on any atom is -0.491 e. The van der Waals surface area contributed by atoms with Gasteiger partial charge in [0.25, 0.3) is 0 Å². The van der Waals surface area contributed by atoms with Gasteiger partial charge in [-0.05, 0) is 42.5 Å². The molecule has 4 heteroatoms. The Kier molecular flexibility index (Phi) is 7.35. The number of rotatable bonds is 9. The molecule has 0 aliphatic heterocycles. The molecular weight excluding hydrogens is 325 g/mol. The van der Waals surface area contributed by atoms with E-state index in [0.717, 1.165) is 32.1 Å². The van der Waals surface area contributed by atoms with E-state index in [2.05, 4.69) is 6.92 Å². The molecule has 0 spiro atoms. The topological polar surface area (TPSA) is 9.23 Å². The second kappa shape index (κ2) is 9.50. The van der Waals surface area contributed by atoms with E-state index in [1.807, 2.05) is 6.92 Å². The Hall–Kier alpha value is -1.97. The predicted molar refractivity (Wildman–Crippen MR) is 95.4 cm³/mol. The van der Waals surface area contributed by atoms with Crippen LogP contribution in [0.3, 0.4) is 0 Å². The van der Waals surface area contributed by atoms with Crippen LogP contribution >= 0.6 is 0 Å². The number of halogens is 3.